The normalized spacial score (nSPS) is 27.1. The second-order valence-electron chi connectivity index (χ2n) is 6.08. The Morgan fingerprint density at radius 1 is 1.50 bits per heavy atom. The molecule has 2 saturated heterocycles. The molecule has 1 aromatic rings. The molecule has 3 rings (SSSR count). The molecule has 0 aliphatic carbocycles. The molecule has 2 atom stereocenters. The van der Waals surface area contributed by atoms with Crippen LogP contribution in [0, 0.1) is 12.8 Å². The maximum absolute atomic E-state index is 12.3. The van der Waals surface area contributed by atoms with E-state index in [1.807, 2.05) is 6.92 Å². The third-order valence-corrected chi connectivity index (χ3v) is 6.17. The number of aromatic nitrogens is 2. The molecular formula is C14H21N3O4S. The van der Waals surface area contributed by atoms with Gasteiger partial charge in [-0.2, -0.15) is 5.10 Å². The van der Waals surface area contributed by atoms with Gasteiger partial charge in [-0.15, -0.1) is 0 Å². The van der Waals surface area contributed by atoms with Gasteiger partial charge in [-0.3, -0.25) is 9.48 Å². The molecule has 2 aliphatic heterocycles. The van der Waals surface area contributed by atoms with Crippen LogP contribution in [0.1, 0.15) is 34.9 Å². The van der Waals surface area contributed by atoms with Gasteiger partial charge in [0.25, 0.3) is 5.91 Å². The fraction of sp³-hybridized carbons (Fsp3) is 0.714. The number of rotatable bonds is 4. The van der Waals surface area contributed by atoms with Crippen molar-refractivity contribution in [3.05, 3.63) is 17.5 Å². The number of hydrogen-bond acceptors (Lipinski definition) is 5. The molecule has 2 fully saturated rings. The molecule has 8 heteroatoms. The number of ether oxygens (including phenoxy) is 1. The summed E-state index contributed by atoms with van der Waals surface area (Å²) in [5.41, 5.74) is 1.24. The molecule has 1 aromatic heterocycles. The SMILES string of the molecule is Cc1c(C(=O)NC[C@@H]2CCOC2)cnn1[C@@H]1CCS(=O)(=O)C1. The van der Waals surface area contributed by atoms with E-state index in [1.165, 1.54) is 6.20 Å². The number of carbonyl (C=O) groups excluding carboxylic acids is 1. The van der Waals surface area contributed by atoms with Crippen molar-refractivity contribution in [3.63, 3.8) is 0 Å². The fourth-order valence-corrected chi connectivity index (χ4v) is 4.75. The van der Waals surface area contributed by atoms with Crippen LogP contribution in [0.4, 0.5) is 0 Å². The smallest absolute Gasteiger partial charge is 0.254 e. The van der Waals surface area contributed by atoms with Gasteiger partial charge in [-0.25, -0.2) is 8.42 Å². The van der Waals surface area contributed by atoms with E-state index in [0.717, 1.165) is 18.7 Å². The molecule has 122 valence electrons. The number of amides is 1. The molecular weight excluding hydrogens is 306 g/mol. The summed E-state index contributed by atoms with van der Waals surface area (Å²) in [5, 5.41) is 7.14. The monoisotopic (exact) mass is 327 g/mol. The average molecular weight is 327 g/mol. The first-order chi connectivity index (χ1) is 10.5. The molecule has 0 spiro atoms. The van der Waals surface area contributed by atoms with E-state index < -0.39 is 9.84 Å². The Kier molecular flexibility index (Phi) is 4.22. The van der Waals surface area contributed by atoms with Gasteiger partial charge in [0.15, 0.2) is 9.84 Å². The minimum atomic E-state index is -2.97. The molecule has 1 N–H and O–H groups in total. The third kappa shape index (κ3) is 3.17. The first-order valence-corrected chi connectivity index (χ1v) is 9.39. The minimum absolute atomic E-state index is 0.107. The van der Waals surface area contributed by atoms with Gasteiger partial charge in [0.05, 0.1) is 35.9 Å². The Morgan fingerprint density at radius 3 is 2.95 bits per heavy atom. The Balaban J connectivity index is 1.66. The summed E-state index contributed by atoms with van der Waals surface area (Å²) in [4.78, 5) is 12.3. The fourth-order valence-electron chi connectivity index (χ4n) is 3.06. The van der Waals surface area contributed by atoms with Crippen molar-refractivity contribution in [2.45, 2.75) is 25.8 Å². The Hall–Kier alpha value is -1.41. The summed E-state index contributed by atoms with van der Waals surface area (Å²) in [7, 11) is -2.97. The highest BCUT2D eigenvalue weighted by atomic mass is 32.2. The minimum Gasteiger partial charge on any atom is -0.381 e. The number of nitrogens with zero attached hydrogens (tertiary/aromatic N) is 2. The molecule has 1 amide bonds. The summed E-state index contributed by atoms with van der Waals surface area (Å²) >= 11 is 0. The van der Waals surface area contributed by atoms with Crippen LogP contribution in [0.3, 0.4) is 0 Å². The van der Waals surface area contributed by atoms with Crippen LogP contribution in [0.5, 0.6) is 0 Å². The van der Waals surface area contributed by atoms with E-state index in [2.05, 4.69) is 10.4 Å². The van der Waals surface area contributed by atoms with Crippen LogP contribution in [0.2, 0.25) is 0 Å². The Labute approximate surface area is 129 Å². The highest BCUT2D eigenvalue weighted by Gasteiger charge is 2.31. The average Bonchev–Trinajstić information content (AvgIpc) is 3.16. The number of hydrogen-bond donors (Lipinski definition) is 1. The zero-order valence-electron chi connectivity index (χ0n) is 12.6. The second kappa shape index (κ2) is 6.00. The lowest BCUT2D eigenvalue weighted by Gasteiger charge is -2.12. The van der Waals surface area contributed by atoms with Crippen LogP contribution < -0.4 is 5.32 Å². The summed E-state index contributed by atoms with van der Waals surface area (Å²) in [5.74, 6) is 0.520. The van der Waals surface area contributed by atoms with Gasteiger partial charge in [0, 0.05) is 24.8 Å². The van der Waals surface area contributed by atoms with Crippen molar-refractivity contribution in [2.75, 3.05) is 31.3 Å². The summed E-state index contributed by atoms with van der Waals surface area (Å²) in [6.07, 6.45) is 3.06. The summed E-state index contributed by atoms with van der Waals surface area (Å²) < 4.78 is 30.1. The van der Waals surface area contributed by atoms with Crippen LogP contribution in [-0.4, -0.2) is 55.4 Å². The van der Waals surface area contributed by atoms with Gasteiger partial charge in [0.2, 0.25) is 0 Å². The number of carbonyl (C=O) groups is 1. The van der Waals surface area contributed by atoms with E-state index in [4.69, 9.17) is 4.74 Å². The van der Waals surface area contributed by atoms with Crippen molar-refractivity contribution in [1.82, 2.24) is 15.1 Å². The predicted octanol–water partition coefficient (Wildman–Crippen LogP) is 0.317. The van der Waals surface area contributed by atoms with Crippen molar-refractivity contribution in [3.8, 4) is 0 Å². The van der Waals surface area contributed by atoms with Gasteiger partial charge >= 0.3 is 0 Å². The van der Waals surface area contributed by atoms with Crippen LogP contribution in [0.15, 0.2) is 6.20 Å². The van der Waals surface area contributed by atoms with Crippen molar-refractivity contribution in [2.24, 2.45) is 5.92 Å². The van der Waals surface area contributed by atoms with Gasteiger partial charge in [0.1, 0.15) is 0 Å². The summed E-state index contributed by atoms with van der Waals surface area (Å²) in [6, 6.07) is -0.158. The van der Waals surface area contributed by atoms with Crippen LogP contribution in [-0.2, 0) is 14.6 Å². The lowest BCUT2D eigenvalue weighted by molar-refractivity contribution is 0.0944. The number of nitrogens with one attached hydrogen (secondary N) is 1. The molecule has 3 heterocycles. The van der Waals surface area contributed by atoms with E-state index >= 15 is 0 Å². The van der Waals surface area contributed by atoms with E-state index in [9.17, 15) is 13.2 Å². The first-order valence-electron chi connectivity index (χ1n) is 7.57. The standard InChI is InChI=1S/C14H21N3O4S/c1-10-13(14(18)15-6-11-2-4-21-8-11)7-16-17(10)12-3-5-22(19,20)9-12/h7,11-12H,2-6,8-9H2,1H3,(H,15,18)/t11-,12+/m0/s1. The molecule has 2 aliphatic rings. The summed E-state index contributed by atoms with van der Waals surface area (Å²) in [6.45, 7) is 3.86. The predicted molar refractivity (Wildman–Crippen MR) is 80.5 cm³/mol. The first kappa shape index (κ1) is 15.5. The molecule has 0 unspecified atom stereocenters. The van der Waals surface area contributed by atoms with E-state index in [0.29, 0.717) is 31.1 Å². The molecule has 7 nitrogen and oxygen atoms in total. The third-order valence-electron chi connectivity index (χ3n) is 4.42. The highest BCUT2D eigenvalue weighted by molar-refractivity contribution is 7.91. The molecule has 0 bridgehead atoms. The Bertz CT molecular complexity index is 662. The molecule has 0 radical (unpaired) electrons. The zero-order chi connectivity index (χ0) is 15.7. The van der Waals surface area contributed by atoms with Gasteiger partial charge in [-0.1, -0.05) is 0 Å². The lowest BCUT2D eigenvalue weighted by Crippen LogP contribution is -2.29. The second-order valence-corrected chi connectivity index (χ2v) is 8.31. The quantitative estimate of drug-likeness (QED) is 0.860. The largest absolute Gasteiger partial charge is 0.381 e. The zero-order valence-corrected chi connectivity index (χ0v) is 13.4. The maximum atomic E-state index is 12.3. The number of sulfone groups is 1. The van der Waals surface area contributed by atoms with Gasteiger partial charge in [-0.05, 0) is 19.8 Å². The van der Waals surface area contributed by atoms with Crippen molar-refractivity contribution in [1.29, 1.82) is 0 Å². The topological polar surface area (TPSA) is 90.3 Å². The molecule has 0 aromatic carbocycles. The van der Waals surface area contributed by atoms with Gasteiger partial charge < -0.3 is 10.1 Å². The van der Waals surface area contributed by atoms with E-state index in [-0.39, 0.29) is 23.5 Å². The highest BCUT2D eigenvalue weighted by Crippen LogP contribution is 2.25. The molecule has 0 saturated carbocycles. The maximum Gasteiger partial charge on any atom is 0.254 e. The van der Waals surface area contributed by atoms with Crippen molar-refractivity contribution >= 4 is 15.7 Å². The molecule has 22 heavy (non-hydrogen) atoms. The Morgan fingerprint density at radius 2 is 2.32 bits per heavy atom. The lowest BCUT2D eigenvalue weighted by atomic mass is 10.1. The van der Waals surface area contributed by atoms with Crippen LogP contribution in [0.25, 0.3) is 0 Å². The van der Waals surface area contributed by atoms with Crippen molar-refractivity contribution < 1.29 is 17.9 Å². The van der Waals surface area contributed by atoms with E-state index in [1.54, 1.807) is 4.68 Å². The van der Waals surface area contributed by atoms with Crippen LogP contribution >= 0.6 is 0 Å².